The number of hydrogen-bond acceptors (Lipinski definition) is 2. The molecule has 0 saturated heterocycles. The van der Waals surface area contributed by atoms with Crippen LogP contribution in [-0.2, 0) is 4.74 Å². The van der Waals surface area contributed by atoms with Crippen LogP contribution in [0.4, 0.5) is 13.2 Å². The molecular formula is C10H8ClF3O2. The van der Waals surface area contributed by atoms with Crippen LogP contribution in [0.1, 0.15) is 28.9 Å². The van der Waals surface area contributed by atoms with Crippen LogP contribution < -0.4 is 0 Å². The van der Waals surface area contributed by atoms with Gasteiger partial charge in [0.1, 0.15) is 0 Å². The molecule has 0 fully saturated rings. The average molecular weight is 253 g/mol. The highest BCUT2D eigenvalue weighted by Crippen LogP contribution is 2.27. The number of carbonyl (C=O) groups is 1. The molecule has 1 rings (SSSR count). The number of rotatable bonds is 3. The first kappa shape index (κ1) is 13.0. The first-order chi connectivity index (χ1) is 7.29. The Labute approximate surface area is 95.0 Å². The zero-order valence-electron chi connectivity index (χ0n) is 8.22. The summed E-state index contributed by atoms with van der Waals surface area (Å²) >= 11 is 5.19. The first-order valence-electron chi connectivity index (χ1n) is 4.34. The van der Waals surface area contributed by atoms with E-state index < -0.39 is 17.7 Å². The van der Waals surface area contributed by atoms with Gasteiger partial charge in [-0.1, -0.05) is 12.1 Å². The summed E-state index contributed by atoms with van der Waals surface area (Å²) in [6.07, 6.45) is -5.81. The molecule has 0 bridgehead atoms. The van der Waals surface area contributed by atoms with Crippen molar-refractivity contribution in [3.05, 3.63) is 35.4 Å². The van der Waals surface area contributed by atoms with Gasteiger partial charge in [-0.25, -0.2) is 0 Å². The summed E-state index contributed by atoms with van der Waals surface area (Å²) in [7, 11) is 0. The van der Waals surface area contributed by atoms with E-state index in [4.69, 9.17) is 11.6 Å². The Morgan fingerprint density at radius 1 is 1.31 bits per heavy atom. The smallest absolute Gasteiger partial charge is 0.284 e. The molecule has 88 valence electrons. The van der Waals surface area contributed by atoms with Crippen molar-refractivity contribution in [1.29, 1.82) is 0 Å². The van der Waals surface area contributed by atoms with Crippen LogP contribution in [0.15, 0.2) is 24.3 Å². The Balaban J connectivity index is 2.78. The van der Waals surface area contributed by atoms with Crippen molar-refractivity contribution in [3.8, 4) is 0 Å². The van der Waals surface area contributed by atoms with Gasteiger partial charge in [-0.2, -0.15) is 0 Å². The molecule has 1 unspecified atom stereocenters. The van der Waals surface area contributed by atoms with Crippen molar-refractivity contribution in [1.82, 2.24) is 0 Å². The molecular weight excluding hydrogens is 245 g/mol. The zero-order valence-corrected chi connectivity index (χ0v) is 8.97. The third-order valence-corrected chi connectivity index (χ3v) is 2.14. The standard InChI is InChI=1S/C10H8ClF3O2/c1-6(16-10(12,13)14)7-2-4-8(5-3-7)9(11)15/h2-6H,1H3. The zero-order chi connectivity index (χ0) is 12.3. The molecule has 1 aromatic rings. The van der Waals surface area contributed by atoms with Gasteiger partial charge in [-0.15, -0.1) is 13.2 Å². The van der Waals surface area contributed by atoms with Crippen molar-refractivity contribution in [2.45, 2.75) is 19.4 Å². The predicted octanol–water partition coefficient (Wildman–Crippen LogP) is 3.66. The van der Waals surface area contributed by atoms with E-state index in [0.29, 0.717) is 5.56 Å². The highest BCUT2D eigenvalue weighted by molar-refractivity contribution is 6.67. The molecule has 0 aliphatic rings. The van der Waals surface area contributed by atoms with E-state index in [1.807, 2.05) is 0 Å². The van der Waals surface area contributed by atoms with E-state index >= 15 is 0 Å². The molecule has 0 radical (unpaired) electrons. The highest BCUT2D eigenvalue weighted by Gasteiger charge is 2.32. The normalized spacial score (nSPS) is 13.6. The molecule has 6 heteroatoms. The van der Waals surface area contributed by atoms with Crippen LogP contribution >= 0.6 is 11.6 Å². The fraction of sp³-hybridized carbons (Fsp3) is 0.300. The van der Waals surface area contributed by atoms with Crippen LogP contribution in [0.5, 0.6) is 0 Å². The van der Waals surface area contributed by atoms with E-state index in [2.05, 4.69) is 4.74 Å². The molecule has 0 heterocycles. The minimum Gasteiger partial charge on any atom is -0.284 e. The van der Waals surface area contributed by atoms with Crippen LogP contribution in [-0.4, -0.2) is 11.6 Å². The lowest BCUT2D eigenvalue weighted by atomic mass is 10.1. The van der Waals surface area contributed by atoms with Gasteiger partial charge in [0.25, 0.3) is 5.24 Å². The SMILES string of the molecule is CC(OC(F)(F)F)c1ccc(C(=O)Cl)cc1. The summed E-state index contributed by atoms with van der Waals surface area (Å²) in [6, 6.07) is 5.43. The van der Waals surface area contributed by atoms with Crippen molar-refractivity contribution >= 4 is 16.8 Å². The molecule has 0 aromatic heterocycles. The first-order valence-corrected chi connectivity index (χ1v) is 4.72. The van der Waals surface area contributed by atoms with Crippen molar-refractivity contribution in [2.75, 3.05) is 0 Å². The highest BCUT2D eigenvalue weighted by atomic mass is 35.5. The Morgan fingerprint density at radius 2 is 1.81 bits per heavy atom. The monoisotopic (exact) mass is 252 g/mol. The summed E-state index contributed by atoms with van der Waals surface area (Å²) in [4.78, 5) is 10.7. The second kappa shape index (κ2) is 4.84. The summed E-state index contributed by atoms with van der Waals surface area (Å²) in [5.41, 5.74) is 0.545. The minimum absolute atomic E-state index is 0.227. The quantitative estimate of drug-likeness (QED) is 0.768. The van der Waals surface area contributed by atoms with Gasteiger partial charge in [0.2, 0.25) is 0 Å². The Hall–Kier alpha value is -1.07. The number of benzene rings is 1. The van der Waals surface area contributed by atoms with Crippen LogP contribution in [0.3, 0.4) is 0 Å². The van der Waals surface area contributed by atoms with Gasteiger partial charge in [-0.05, 0) is 36.2 Å². The van der Waals surface area contributed by atoms with Crippen molar-refractivity contribution in [2.24, 2.45) is 0 Å². The van der Waals surface area contributed by atoms with Crippen molar-refractivity contribution in [3.63, 3.8) is 0 Å². The summed E-state index contributed by atoms with van der Waals surface area (Å²) in [5.74, 6) is 0. The fourth-order valence-corrected chi connectivity index (χ4v) is 1.28. The molecule has 0 N–H and O–H groups in total. The van der Waals surface area contributed by atoms with Gasteiger partial charge in [-0.3, -0.25) is 9.53 Å². The minimum atomic E-state index is -4.68. The molecule has 0 spiro atoms. The Bertz CT molecular complexity index is 373. The number of halogens is 4. The molecule has 16 heavy (non-hydrogen) atoms. The molecule has 1 atom stereocenters. The van der Waals surface area contributed by atoms with Gasteiger partial charge in [0, 0.05) is 5.56 Å². The largest absolute Gasteiger partial charge is 0.523 e. The van der Waals surface area contributed by atoms with Gasteiger partial charge in [0.05, 0.1) is 6.10 Å². The van der Waals surface area contributed by atoms with Crippen LogP contribution in [0.25, 0.3) is 0 Å². The lowest BCUT2D eigenvalue weighted by molar-refractivity contribution is -0.342. The maximum Gasteiger partial charge on any atom is 0.523 e. The predicted molar refractivity (Wildman–Crippen MR) is 52.2 cm³/mol. The molecule has 0 saturated carbocycles. The van der Waals surface area contributed by atoms with Crippen molar-refractivity contribution < 1.29 is 22.7 Å². The summed E-state index contributed by atoms with van der Waals surface area (Å²) in [5, 5.41) is -0.657. The van der Waals surface area contributed by atoms with Gasteiger partial charge < -0.3 is 0 Å². The molecule has 0 aliphatic carbocycles. The lowest BCUT2D eigenvalue weighted by Crippen LogP contribution is -2.16. The molecule has 0 amide bonds. The Morgan fingerprint density at radius 3 is 2.19 bits per heavy atom. The van der Waals surface area contributed by atoms with E-state index in [9.17, 15) is 18.0 Å². The summed E-state index contributed by atoms with van der Waals surface area (Å²) in [6.45, 7) is 1.27. The second-order valence-corrected chi connectivity index (χ2v) is 3.44. The second-order valence-electron chi connectivity index (χ2n) is 3.10. The lowest BCUT2D eigenvalue weighted by Gasteiger charge is -2.15. The van der Waals surface area contributed by atoms with Gasteiger partial charge in [0.15, 0.2) is 0 Å². The third kappa shape index (κ3) is 3.83. The maximum atomic E-state index is 11.9. The van der Waals surface area contributed by atoms with Crippen LogP contribution in [0.2, 0.25) is 0 Å². The molecule has 0 aliphatic heterocycles. The Kier molecular flexibility index (Phi) is 3.93. The summed E-state index contributed by atoms with van der Waals surface area (Å²) < 4.78 is 39.5. The topological polar surface area (TPSA) is 26.3 Å². The number of ether oxygens (including phenoxy) is 1. The maximum absolute atomic E-state index is 11.9. The van der Waals surface area contributed by atoms with E-state index in [1.54, 1.807) is 0 Å². The van der Waals surface area contributed by atoms with E-state index in [1.165, 1.54) is 31.2 Å². The molecule has 1 aromatic carbocycles. The van der Waals surface area contributed by atoms with Crippen LogP contribution in [0, 0.1) is 0 Å². The number of alkyl halides is 3. The number of hydrogen-bond donors (Lipinski definition) is 0. The average Bonchev–Trinajstić information content (AvgIpc) is 2.15. The van der Waals surface area contributed by atoms with Gasteiger partial charge >= 0.3 is 6.36 Å². The fourth-order valence-electron chi connectivity index (χ4n) is 1.15. The van der Waals surface area contributed by atoms with E-state index in [-0.39, 0.29) is 5.56 Å². The third-order valence-electron chi connectivity index (χ3n) is 1.92. The number of carbonyl (C=O) groups excluding carboxylic acids is 1. The van der Waals surface area contributed by atoms with E-state index in [0.717, 1.165) is 0 Å². The molecule has 2 nitrogen and oxygen atoms in total.